The Labute approximate surface area is 195 Å². The predicted octanol–water partition coefficient (Wildman–Crippen LogP) is 5.04. The van der Waals surface area contributed by atoms with Crippen molar-refractivity contribution in [2.75, 3.05) is 7.11 Å². The molecule has 0 amide bonds. The van der Waals surface area contributed by atoms with Crippen molar-refractivity contribution in [3.63, 3.8) is 0 Å². The molecule has 0 saturated heterocycles. The van der Waals surface area contributed by atoms with Crippen LogP contribution in [0.5, 0.6) is 5.75 Å². The molecule has 2 aliphatic rings. The van der Waals surface area contributed by atoms with E-state index in [1.807, 2.05) is 12.1 Å². The number of Topliss-reactive ketones (excluding diaryl/α,β-unsaturated/α-hetero) is 1. The number of ether oxygens (including phenoxy) is 3. The number of benzene rings is 2. The molecule has 166 valence electrons. The molecule has 2 N–H and O–H groups in total. The zero-order chi connectivity index (χ0) is 22.8. The topological polar surface area (TPSA) is 87.9 Å². The SMILES string of the molecule is COC(=O)C1=C(N)OC2=C(C(=O)CCC2)[C@H]1c1ccccc1OCc1ccc(Cl)cc1Cl. The highest BCUT2D eigenvalue weighted by Gasteiger charge is 2.42. The minimum absolute atomic E-state index is 0.0640. The van der Waals surface area contributed by atoms with E-state index in [4.69, 9.17) is 43.1 Å². The lowest BCUT2D eigenvalue weighted by Crippen LogP contribution is -2.31. The Morgan fingerprint density at radius 2 is 1.97 bits per heavy atom. The van der Waals surface area contributed by atoms with Crippen LogP contribution in [0, 0.1) is 0 Å². The van der Waals surface area contributed by atoms with Gasteiger partial charge in [0.05, 0.1) is 13.0 Å². The van der Waals surface area contributed by atoms with Gasteiger partial charge in [0.15, 0.2) is 5.78 Å². The van der Waals surface area contributed by atoms with Gasteiger partial charge in [-0.3, -0.25) is 4.79 Å². The number of para-hydroxylation sites is 1. The third-order valence-electron chi connectivity index (χ3n) is 5.52. The highest BCUT2D eigenvalue weighted by atomic mass is 35.5. The first-order chi connectivity index (χ1) is 15.4. The first-order valence-electron chi connectivity index (χ1n) is 10.1. The molecule has 0 spiro atoms. The minimum Gasteiger partial charge on any atom is -0.489 e. The summed E-state index contributed by atoms with van der Waals surface area (Å²) in [6.07, 6.45) is 1.60. The fourth-order valence-electron chi connectivity index (χ4n) is 4.02. The van der Waals surface area contributed by atoms with Crippen LogP contribution in [-0.4, -0.2) is 18.9 Å². The number of hydrogen-bond acceptors (Lipinski definition) is 6. The Bertz CT molecular complexity index is 1150. The molecule has 32 heavy (non-hydrogen) atoms. The molecule has 2 aromatic carbocycles. The Kier molecular flexibility index (Phi) is 6.44. The van der Waals surface area contributed by atoms with Gasteiger partial charge in [-0.15, -0.1) is 0 Å². The number of allylic oxidation sites excluding steroid dienone is 2. The van der Waals surface area contributed by atoms with Crippen molar-refractivity contribution in [1.29, 1.82) is 0 Å². The van der Waals surface area contributed by atoms with Crippen molar-refractivity contribution >= 4 is 35.0 Å². The van der Waals surface area contributed by atoms with E-state index >= 15 is 0 Å². The molecule has 8 heteroatoms. The van der Waals surface area contributed by atoms with Crippen LogP contribution in [0.1, 0.15) is 36.3 Å². The van der Waals surface area contributed by atoms with Gasteiger partial charge in [0.1, 0.15) is 23.7 Å². The van der Waals surface area contributed by atoms with E-state index in [1.165, 1.54) is 7.11 Å². The maximum absolute atomic E-state index is 12.9. The highest BCUT2D eigenvalue weighted by molar-refractivity contribution is 6.35. The Morgan fingerprint density at radius 3 is 2.72 bits per heavy atom. The third-order valence-corrected chi connectivity index (χ3v) is 6.11. The molecule has 1 heterocycles. The van der Waals surface area contributed by atoms with Crippen LogP contribution in [0.3, 0.4) is 0 Å². The molecule has 1 aliphatic carbocycles. The molecule has 2 aromatic rings. The normalized spacial score (nSPS) is 18.2. The van der Waals surface area contributed by atoms with Crippen LogP contribution < -0.4 is 10.5 Å². The van der Waals surface area contributed by atoms with Gasteiger partial charge in [0, 0.05) is 39.6 Å². The fourth-order valence-corrected chi connectivity index (χ4v) is 4.48. The number of rotatable bonds is 5. The largest absolute Gasteiger partial charge is 0.489 e. The van der Waals surface area contributed by atoms with Gasteiger partial charge in [0.2, 0.25) is 5.88 Å². The van der Waals surface area contributed by atoms with Crippen molar-refractivity contribution in [2.24, 2.45) is 5.73 Å². The summed E-state index contributed by atoms with van der Waals surface area (Å²) in [5.74, 6) is -0.577. The highest BCUT2D eigenvalue weighted by Crippen LogP contribution is 2.46. The second-order valence-electron chi connectivity index (χ2n) is 7.48. The molecule has 0 bridgehead atoms. The molecule has 0 fully saturated rings. The first-order valence-corrected chi connectivity index (χ1v) is 10.8. The van der Waals surface area contributed by atoms with Crippen LogP contribution in [0.25, 0.3) is 0 Å². The molecule has 1 atom stereocenters. The second kappa shape index (κ2) is 9.27. The summed E-state index contributed by atoms with van der Waals surface area (Å²) in [6, 6.07) is 12.3. The zero-order valence-corrected chi connectivity index (χ0v) is 18.8. The molecular weight excluding hydrogens is 453 g/mol. The molecule has 6 nitrogen and oxygen atoms in total. The van der Waals surface area contributed by atoms with Gasteiger partial charge in [-0.2, -0.15) is 0 Å². The van der Waals surface area contributed by atoms with Crippen LogP contribution in [0.15, 0.2) is 65.3 Å². The lowest BCUT2D eigenvalue weighted by molar-refractivity contribution is -0.136. The van der Waals surface area contributed by atoms with Crippen molar-refractivity contribution < 1.29 is 23.8 Å². The van der Waals surface area contributed by atoms with Crippen LogP contribution >= 0.6 is 23.2 Å². The van der Waals surface area contributed by atoms with Gasteiger partial charge >= 0.3 is 5.97 Å². The van der Waals surface area contributed by atoms with Gasteiger partial charge in [-0.1, -0.05) is 47.5 Å². The van der Waals surface area contributed by atoms with Crippen LogP contribution in [0.2, 0.25) is 10.0 Å². The Hall–Kier alpha value is -2.96. The molecule has 0 unspecified atom stereocenters. The second-order valence-corrected chi connectivity index (χ2v) is 8.32. The van der Waals surface area contributed by atoms with Crippen LogP contribution in [-0.2, 0) is 25.7 Å². The van der Waals surface area contributed by atoms with Crippen molar-refractivity contribution in [3.8, 4) is 5.75 Å². The van der Waals surface area contributed by atoms with Gasteiger partial charge in [-0.05, 0) is 24.6 Å². The van der Waals surface area contributed by atoms with Crippen molar-refractivity contribution in [1.82, 2.24) is 0 Å². The van der Waals surface area contributed by atoms with Crippen molar-refractivity contribution in [2.45, 2.75) is 31.8 Å². The van der Waals surface area contributed by atoms with E-state index in [0.717, 1.165) is 5.56 Å². The van der Waals surface area contributed by atoms with Crippen molar-refractivity contribution in [3.05, 3.63) is 86.4 Å². The summed E-state index contributed by atoms with van der Waals surface area (Å²) in [4.78, 5) is 25.6. The fraction of sp³-hybridized carbons (Fsp3) is 0.250. The monoisotopic (exact) mass is 473 g/mol. The number of nitrogens with two attached hydrogens (primary N) is 1. The van der Waals surface area contributed by atoms with E-state index in [9.17, 15) is 9.59 Å². The summed E-state index contributed by atoms with van der Waals surface area (Å²) in [5, 5.41) is 1.01. The molecule has 0 aromatic heterocycles. The number of ketones is 1. The summed E-state index contributed by atoms with van der Waals surface area (Å²) >= 11 is 12.3. The number of hydrogen-bond donors (Lipinski definition) is 1. The maximum Gasteiger partial charge on any atom is 0.340 e. The van der Waals surface area contributed by atoms with E-state index in [0.29, 0.717) is 52.0 Å². The quantitative estimate of drug-likeness (QED) is 0.612. The van der Waals surface area contributed by atoms with Crippen LogP contribution in [0.4, 0.5) is 0 Å². The lowest BCUT2D eigenvalue weighted by Gasteiger charge is -2.32. The van der Waals surface area contributed by atoms with E-state index in [1.54, 1.807) is 30.3 Å². The van der Waals surface area contributed by atoms with Gasteiger partial charge < -0.3 is 19.9 Å². The molecule has 0 radical (unpaired) electrons. The smallest absolute Gasteiger partial charge is 0.340 e. The number of methoxy groups -OCH3 is 1. The number of carbonyl (C=O) groups is 2. The van der Waals surface area contributed by atoms with E-state index in [-0.39, 0.29) is 23.8 Å². The Balaban J connectivity index is 1.77. The molecule has 4 rings (SSSR count). The lowest BCUT2D eigenvalue weighted by atomic mass is 9.77. The average Bonchev–Trinajstić information content (AvgIpc) is 2.77. The number of carbonyl (C=O) groups excluding carboxylic acids is 2. The van der Waals surface area contributed by atoms with Gasteiger partial charge in [0.25, 0.3) is 0 Å². The summed E-state index contributed by atoms with van der Waals surface area (Å²) < 4.78 is 16.7. The van der Waals surface area contributed by atoms with E-state index in [2.05, 4.69) is 0 Å². The number of esters is 1. The Morgan fingerprint density at radius 1 is 1.19 bits per heavy atom. The molecule has 1 aliphatic heterocycles. The standard InChI is InChI=1S/C24H21Cl2NO5/c1-30-24(29)22-20(21-17(28)6-4-8-19(21)32-23(22)27)15-5-2-3-7-18(15)31-12-13-9-10-14(25)11-16(13)26/h2-3,5,7,9-11,20H,4,6,8,12,27H2,1H3/t20-/m1/s1. The minimum atomic E-state index is -0.754. The van der Waals surface area contributed by atoms with E-state index < -0.39 is 11.9 Å². The average molecular weight is 474 g/mol. The maximum atomic E-state index is 12.9. The number of halogens is 2. The van der Waals surface area contributed by atoms with Gasteiger partial charge in [-0.25, -0.2) is 4.79 Å². The molecular formula is C24H21Cl2NO5. The first kappa shape index (κ1) is 22.2. The predicted molar refractivity (Wildman–Crippen MR) is 120 cm³/mol. The summed E-state index contributed by atoms with van der Waals surface area (Å²) in [6.45, 7) is 0.169. The summed E-state index contributed by atoms with van der Waals surface area (Å²) in [7, 11) is 1.26. The molecule has 0 saturated carbocycles. The summed E-state index contributed by atoms with van der Waals surface area (Å²) in [5.41, 5.74) is 8.00. The zero-order valence-electron chi connectivity index (χ0n) is 17.3. The third kappa shape index (κ3) is 4.20.